The molecule has 10 nitrogen and oxygen atoms in total. The van der Waals surface area contributed by atoms with Crippen LogP contribution >= 0.6 is 0 Å². The predicted octanol–water partition coefficient (Wildman–Crippen LogP) is 4.28. The third kappa shape index (κ3) is 5.32. The summed E-state index contributed by atoms with van der Waals surface area (Å²) in [5.41, 5.74) is 2.24. The maximum Gasteiger partial charge on any atom is 0.250 e. The van der Waals surface area contributed by atoms with Crippen LogP contribution in [0.4, 0.5) is 0 Å². The van der Waals surface area contributed by atoms with E-state index in [1.165, 1.54) is 6.42 Å². The van der Waals surface area contributed by atoms with Crippen molar-refractivity contribution in [2.24, 2.45) is 0 Å². The van der Waals surface area contributed by atoms with Crippen molar-refractivity contribution < 1.29 is 23.5 Å². The predicted molar refractivity (Wildman–Crippen MR) is 142 cm³/mol. The van der Waals surface area contributed by atoms with Crippen LogP contribution in [0.3, 0.4) is 0 Å². The van der Waals surface area contributed by atoms with Crippen LogP contribution < -0.4 is 14.8 Å². The third-order valence-electron chi connectivity index (χ3n) is 7.36. The maximum absolute atomic E-state index is 14.1. The van der Waals surface area contributed by atoms with Crippen LogP contribution in [0.25, 0.3) is 11.0 Å². The lowest BCUT2D eigenvalue weighted by Gasteiger charge is -2.32. The average molecular weight is 530 g/mol. The minimum Gasteiger partial charge on any atom is -0.464 e. The fraction of sp³-hybridized carbons (Fsp3) is 0.379. The Morgan fingerprint density at radius 2 is 1.87 bits per heavy atom. The first kappa shape index (κ1) is 25.0. The number of aryl methyl sites for hydroxylation is 1. The van der Waals surface area contributed by atoms with Crippen LogP contribution in [0.5, 0.6) is 11.5 Å². The molecule has 2 aromatic carbocycles. The Labute approximate surface area is 225 Å². The van der Waals surface area contributed by atoms with Gasteiger partial charge in [0.15, 0.2) is 17.5 Å². The molecule has 0 bridgehead atoms. The normalized spacial score (nSPS) is 15.8. The first-order chi connectivity index (χ1) is 19.0. The Kier molecular flexibility index (Phi) is 6.91. The summed E-state index contributed by atoms with van der Waals surface area (Å²) >= 11 is 0. The molecule has 0 saturated heterocycles. The molecule has 2 aliphatic rings. The van der Waals surface area contributed by atoms with E-state index in [2.05, 4.69) is 15.6 Å². The summed E-state index contributed by atoms with van der Waals surface area (Å²) < 4.78 is 18.6. The van der Waals surface area contributed by atoms with Gasteiger partial charge >= 0.3 is 0 Å². The van der Waals surface area contributed by atoms with Gasteiger partial charge in [0.25, 0.3) is 5.91 Å². The summed E-state index contributed by atoms with van der Waals surface area (Å²) in [6.07, 6.45) is 5.19. The quantitative estimate of drug-likeness (QED) is 0.363. The molecule has 2 aromatic heterocycles. The Morgan fingerprint density at radius 3 is 2.69 bits per heavy atom. The molecule has 1 aliphatic carbocycles. The highest BCUT2D eigenvalue weighted by atomic mass is 16.7. The van der Waals surface area contributed by atoms with Crippen LogP contribution in [0.2, 0.25) is 0 Å². The van der Waals surface area contributed by atoms with Gasteiger partial charge in [-0.05, 0) is 61.7 Å². The van der Waals surface area contributed by atoms with Gasteiger partial charge in [0.2, 0.25) is 12.7 Å². The molecule has 3 heterocycles. The number of benzene rings is 2. The number of rotatable bonds is 8. The van der Waals surface area contributed by atoms with Crippen LogP contribution in [0.1, 0.15) is 55.2 Å². The lowest BCUT2D eigenvalue weighted by atomic mass is 9.95. The van der Waals surface area contributed by atoms with Gasteiger partial charge in [-0.25, -0.2) is 4.68 Å². The molecule has 1 aliphatic heterocycles. The van der Waals surface area contributed by atoms with E-state index in [1.54, 1.807) is 15.6 Å². The molecule has 39 heavy (non-hydrogen) atoms. The van der Waals surface area contributed by atoms with Crippen molar-refractivity contribution in [3.63, 3.8) is 0 Å². The number of ether oxygens (including phenoxy) is 2. The molecular formula is C29H31N5O5. The molecule has 1 N–H and O–H groups in total. The summed E-state index contributed by atoms with van der Waals surface area (Å²) in [5, 5.41) is 11.6. The number of nitrogens with zero attached hydrogens (tertiary/aromatic N) is 4. The number of furan rings is 1. The zero-order valence-electron chi connectivity index (χ0n) is 21.8. The summed E-state index contributed by atoms with van der Waals surface area (Å²) in [6, 6.07) is 15.7. The van der Waals surface area contributed by atoms with Gasteiger partial charge in [0.05, 0.1) is 5.52 Å². The molecule has 1 saturated carbocycles. The number of nitrogens with one attached hydrogen (secondary N) is 1. The molecule has 202 valence electrons. The highest BCUT2D eigenvalue weighted by molar-refractivity contribution is 5.89. The topological polar surface area (TPSA) is 112 Å². The van der Waals surface area contributed by atoms with E-state index in [0.29, 0.717) is 28.5 Å². The third-order valence-corrected chi connectivity index (χ3v) is 7.36. The number of para-hydroxylation sites is 1. The van der Waals surface area contributed by atoms with E-state index in [0.717, 1.165) is 36.8 Å². The van der Waals surface area contributed by atoms with Crippen molar-refractivity contribution in [3.05, 3.63) is 71.7 Å². The molecule has 4 aromatic rings. The van der Waals surface area contributed by atoms with Crippen molar-refractivity contribution in [2.45, 2.75) is 64.2 Å². The standard InChI is InChI=1S/C29H31N5O5/c1-19-11-13-25(39-19)28(29(36)30-21-7-3-2-4-8-21)33(16-20-12-14-24-26(15-20)38-18-37-24)27(35)17-34-23-10-6-5-9-22(23)31-32-34/h5-6,9-15,21,28H,2-4,7-8,16-18H2,1H3,(H,30,36)/t28-/m0/s1. The average Bonchev–Trinajstić information content (AvgIpc) is 3.69. The molecule has 0 radical (unpaired) electrons. The first-order valence-corrected chi connectivity index (χ1v) is 13.4. The summed E-state index contributed by atoms with van der Waals surface area (Å²) in [5.74, 6) is 1.80. The summed E-state index contributed by atoms with van der Waals surface area (Å²) in [6.45, 7) is 2.05. The minimum absolute atomic E-state index is 0.0755. The smallest absolute Gasteiger partial charge is 0.250 e. The van der Waals surface area contributed by atoms with E-state index < -0.39 is 6.04 Å². The number of fused-ring (bicyclic) bond motifs is 2. The van der Waals surface area contributed by atoms with Crippen molar-refractivity contribution in [1.29, 1.82) is 0 Å². The number of aromatic nitrogens is 3. The van der Waals surface area contributed by atoms with E-state index >= 15 is 0 Å². The van der Waals surface area contributed by atoms with E-state index in [4.69, 9.17) is 13.9 Å². The highest BCUT2D eigenvalue weighted by Gasteiger charge is 2.36. The molecular weight excluding hydrogens is 498 g/mol. The molecule has 1 atom stereocenters. The second kappa shape index (κ2) is 10.8. The molecule has 6 rings (SSSR count). The van der Waals surface area contributed by atoms with Crippen LogP contribution in [-0.2, 0) is 22.7 Å². The Hall–Kier alpha value is -4.34. The van der Waals surface area contributed by atoms with Gasteiger partial charge < -0.3 is 24.1 Å². The Balaban J connectivity index is 1.36. The lowest BCUT2D eigenvalue weighted by Crippen LogP contribution is -2.47. The second-order valence-corrected chi connectivity index (χ2v) is 10.1. The van der Waals surface area contributed by atoms with Gasteiger partial charge in [-0.3, -0.25) is 9.59 Å². The van der Waals surface area contributed by atoms with Crippen molar-refractivity contribution in [2.75, 3.05) is 6.79 Å². The molecule has 10 heteroatoms. The van der Waals surface area contributed by atoms with E-state index in [9.17, 15) is 9.59 Å². The van der Waals surface area contributed by atoms with Crippen LogP contribution in [0.15, 0.2) is 59.0 Å². The van der Waals surface area contributed by atoms with Gasteiger partial charge in [-0.1, -0.05) is 42.7 Å². The summed E-state index contributed by atoms with van der Waals surface area (Å²) in [7, 11) is 0. The largest absolute Gasteiger partial charge is 0.464 e. The summed E-state index contributed by atoms with van der Waals surface area (Å²) in [4.78, 5) is 29.5. The van der Waals surface area contributed by atoms with E-state index in [1.807, 2.05) is 55.5 Å². The van der Waals surface area contributed by atoms with Gasteiger partial charge in [-0.15, -0.1) is 5.10 Å². The van der Waals surface area contributed by atoms with Gasteiger partial charge in [-0.2, -0.15) is 0 Å². The fourth-order valence-corrected chi connectivity index (χ4v) is 5.36. The van der Waals surface area contributed by atoms with Crippen molar-refractivity contribution in [1.82, 2.24) is 25.2 Å². The molecule has 1 fully saturated rings. The monoisotopic (exact) mass is 529 g/mol. The minimum atomic E-state index is -0.965. The number of carbonyl (C=O) groups excluding carboxylic acids is 2. The highest BCUT2D eigenvalue weighted by Crippen LogP contribution is 2.34. The van der Waals surface area contributed by atoms with Crippen LogP contribution in [0, 0.1) is 6.92 Å². The zero-order valence-corrected chi connectivity index (χ0v) is 21.8. The number of hydrogen-bond acceptors (Lipinski definition) is 7. The molecule has 0 unspecified atom stereocenters. The molecule has 0 spiro atoms. The van der Waals surface area contributed by atoms with Gasteiger partial charge in [0.1, 0.15) is 23.6 Å². The van der Waals surface area contributed by atoms with Gasteiger partial charge in [0, 0.05) is 12.6 Å². The number of hydrogen-bond donors (Lipinski definition) is 1. The number of carbonyl (C=O) groups is 2. The van der Waals surface area contributed by atoms with Crippen molar-refractivity contribution in [3.8, 4) is 11.5 Å². The maximum atomic E-state index is 14.1. The number of amides is 2. The van der Waals surface area contributed by atoms with E-state index in [-0.39, 0.29) is 37.7 Å². The Morgan fingerprint density at radius 1 is 1.05 bits per heavy atom. The van der Waals surface area contributed by atoms with Crippen molar-refractivity contribution >= 4 is 22.8 Å². The molecule has 2 amide bonds. The first-order valence-electron chi connectivity index (χ1n) is 13.4. The zero-order chi connectivity index (χ0) is 26.8. The SMILES string of the molecule is Cc1ccc([C@@H](C(=O)NC2CCCCC2)N(Cc2ccc3c(c2)OCO3)C(=O)Cn2nnc3ccccc32)o1. The lowest BCUT2D eigenvalue weighted by molar-refractivity contribution is -0.143. The van der Waals surface area contributed by atoms with Crippen LogP contribution in [-0.4, -0.2) is 44.5 Å². The second-order valence-electron chi connectivity index (χ2n) is 10.1. The Bertz CT molecular complexity index is 1490. The fourth-order valence-electron chi connectivity index (χ4n) is 5.36.